The molecule has 0 bridgehead atoms. The topological polar surface area (TPSA) is 339 Å². The van der Waals surface area contributed by atoms with Gasteiger partial charge in [-0.3, -0.25) is 9.80 Å². The number of nitrogens with zero attached hydrogens (tertiary/aromatic N) is 9. The van der Waals surface area contributed by atoms with Crippen LogP contribution in [0.2, 0.25) is 0 Å². The summed E-state index contributed by atoms with van der Waals surface area (Å²) in [6, 6.07) is 16.2. The summed E-state index contributed by atoms with van der Waals surface area (Å²) in [5.74, 6) is 2.11. The second-order valence-electron chi connectivity index (χ2n) is 23.8. The van der Waals surface area contributed by atoms with Crippen molar-refractivity contribution in [3.8, 4) is 17.2 Å². The van der Waals surface area contributed by atoms with Crippen LogP contribution < -0.4 is 48.3 Å². The van der Waals surface area contributed by atoms with Crippen molar-refractivity contribution in [3.63, 3.8) is 0 Å². The first-order valence-electron chi connectivity index (χ1n) is 29.8. The van der Waals surface area contributed by atoms with Crippen LogP contribution in [0.4, 0.5) is 9.59 Å². The van der Waals surface area contributed by atoms with Gasteiger partial charge < -0.3 is 58.0 Å². The minimum absolute atomic E-state index is 0.0388. The number of hydrogen-bond acceptors (Lipinski definition) is 20. The van der Waals surface area contributed by atoms with Crippen molar-refractivity contribution in [2.24, 2.45) is 0 Å². The van der Waals surface area contributed by atoms with Crippen LogP contribution >= 0.6 is 0 Å². The molecule has 0 aliphatic carbocycles. The molecule has 7 fully saturated rings. The Labute approximate surface area is 515 Å². The number of ether oxygens (including phenoxy) is 9. The van der Waals surface area contributed by atoms with Crippen molar-refractivity contribution >= 4 is 12.1 Å². The molecule has 3 aromatic carbocycles. The molecule has 12 rings (SSSR count). The van der Waals surface area contributed by atoms with E-state index in [1.165, 1.54) is 14.7 Å². The van der Waals surface area contributed by atoms with Gasteiger partial charge in [0, 0.05) is 0 Å². The molecular weight excluding hydrogens is 1180 g/mol. The lowest BCUT2D eigenvalue weighted by Gasteiger charge is -2.41. The Morgan fingerprint density at radius 1 is 0.367 bits per heavy atom. The lowest BCUT2D eigenvalue weighted by Crippen LogP contribution is -2.61. The third-order valence-corrected chi connectivity index (χ3v) is 15.1. The van der Waals surface area contributed by atoms with Crippen molar-refractivity contribution in [1.82, 2.24) is 42.1 Å². The fraction of sp³-hybridized carbons (Fsp3) is 0.541. The van der Waals surface area contributed by atoms with Gasteiger partial charge in [0.1, 0.15) is 61.2 Å². The Morgan fingerprint density at radius 3 is 0.822 bits per heavy atom. The largest absolute Gasteiger partial charge is 0.491 e. The van der Waals surface area contributed by atoms with Crippen molar-refractivity contribution in [2.75, 3.05) is 79.1 Å². The maximum atomic E-state index is 13.2. The molecule has 5 aromatic rings. The first-order chi connectivity index (χ1) is 42.9. The Hall–Kier alpha value is -8.00. The molecule has 4 amide bonds. The minimum Gasteiger partial charge on any atom is -0.491 e. The molecule has 2 aromatic heterocycles. The van der Waals surface area contributed by atoms with Gasteiger partial charge >= 0.3 is 46.2 Å². The number of aryl methyl sites for hydroxylation is 6. The number of aromatic nitrogens is 6. The third kappa shape index (κ3) is 17.5. The van der Waals surface area contributed by atoms with Crippen LogP contribution in [0.3, 0.4) is 0 Å². The summed E-state index contributed by atoms with van der Waals surface area (Å²) in [7, 11) is 0. The maximum Gasteiger partial charge on any atom is 0.336 e. The van der Waals surface area contributed by atoms with E-state index in [-0.39, 0.29) is 101 Å². The van der Waals surface area contributed by atoms with Gasteiger partial charge in [-0.05, 0) is 111 Å². The number of hydrogen-bond donors (Lipinski definition) is 3. The van der Waals surface area contributed by atoms with Crippen LogP contribution in [-0.4, -0.2) is 204 Å². The first-order valence-corrected chi connectivity index (χ1v) is 29.8. The van der Waals surface area contributed by atoms with Crippen molar-refractivity contribution in [2.45, 2.75) is 136 Å². The molecule has 486 valence electrons. The Balaban J connectivity index is 0.000000155. The summed E-state index contributed by atoms with van der Waals surface area (Å²) in [5.41, 5.74) is 1.15. The predicted octanol–water partition coefficient (Wildman–Crippen LogP) is -0.476. The van der Waals surface area contributed by atoms with E-state index in [9.17, 15) is 53.7 Å². The van der Waals surface area contributed by atoms with Gasteiger partial charge in [-0.25, -0.2) is 70.7 Å². The van der Waals surface area contributed by atoms with E-state index in [2.05, 4.69) is 6.58 Å². The van der Waals surface area contributed by atoms with E-state index in [0.717, 1.165) is 60.8 Å². The second-order valence-corrected chi connectivity index (χ2v) is 23.8. The van der Waals surface area contributed by atoms with Crippen molar-refractivity contribution in [3.05, 3.63) is 163 Å². The van der Waals surface area contributed by atoms with Crippen molar-refractivity contribution in [1.29, 1.82) is 0 Å². The Morgan fingerprint density at radius 2 is 0.578 bits per heavy atom. The number of benzene rings is 3. The van der Waals surface area contributed by atoms with E-state index in [1.807, 2.05) is 96.1 Å². The highest BCUT2D eigenvalue weighted by Crippen LogP contribution is 2.28. The van der Waals surface area contributed by atoms with Gasteiger partial charge in [-0.15, -0.1) is 0 Å². The Kier molecular flexibility index (Phi) is 20.2. The number of urea groups is 2. The summed E-state index contributed by atoms with van der Waals surface area (Å²) >= 11 is 0. The molecule has 29 nitrogen and oxygen atoms in total. The molecular formula is C61H77N9O20. The molecule has 7 saturated heterocycles. The molecule has 7 aliphatic heterocycles. The highest BCUT2D eigenvalue weighted by Gasteiger charge is 2.46. The SMILES string of the molecule is C=C1N(CC2CO2)C(=O)N(CC2CO2)C(=O)N1CC1CO1.Cc1cc(C)cc(OCC(O)Cn2c(=O)n(CC(O)COc3cc(C)cc(C)c3)c(=O)n(CC3CO3)c2=O)c1.Cc1cc(C)cc(OCC(O)Cn2c(=O)n(CC3CO3)c(=O)n(CC3CO3)c2=O)c1. The number of carbonyl (C=O) groups excluding carboxylic acids is 2. The van der Waals surface area contributed by atoms with E-state index in [4.69, 9.17) is 42.6 Å². The molecule has 0 saturated carbocycles. The zero-order chi connectivity index (χ0) is 64.2. The van der Waals surface area contributed by atoms with E-state index in [1.54, 1.807) is 0 Å². The molecule has 90 heavy (non-hydrogen) atoms. The van der Waals surface area contributed by atoms with E-state index in [0.29, 0.717) is 75.8 Å². The Bertz CT molecular complexity index is 3540. The highest BCUT2D eigenvalue weighted by atomic mass is 16.6. The summed E-state index contributed by atoms with van der Waals surface area (Å²) in [4.78, 5) is 107. The summed E-state index contributed by atoms with van der Waals surface area (Å²) in [6.45, 7) is 18.4. The molecule has 9 atom stereocenters. The van der Waals surface area contributed by atoms with Gasteiger partial charge in [0.25, 0.3) is 0 Å². The number of rotatable bonds is 27. The maximum absolute atomic E-state index is 13.2. The van der Waals surface area contributed by atoms with Gasteiger partial charge in [-0.1, -0.05) is 24.8 Å². The fourth-order valence-electron chi connectivity index (χ4n) is 10.2. The third-order valence-electron chi connectivity index (χ3n) is 15.1. The van der Waals surface area contributed by atoms with Crippen molar-refractivity contribution < 1.29 is 67.5 Å². The minimum atomic E-state index is -1.22. The monoisotopic (exact) mass is 1260 g/mol. The van der Waals surface area contributed by atoms with Crippen LogP contribution in [0.1, 0.15) is 33.4 Å². The molecule has 9 heterocycles. The lowest BCUT2D eigenvalue weighted by atomic mass is 10.1. The number of imide groups is 1. The molecule has 29 heteroatoms. The molecule has 0 spiro atoms. The van der Waals surface area contributed by atoms with Gasteiger partial charge in [0.05, 0.1) is 135 Å². The second kappa shape index (κ2) is 28.0. The van der Waals surface area contributed by atoms with Crippen LogP contribution in [0.5, 0.6) is 17.2 Å². The van der Waals surface area contributed by atoms with Gasteiger partial charge in [0.15, 0.2) is 0 Å². The highest BCUT2D eigenvalue weighted by molar-refractivity contribution is 5.98. The van der Waals surface area contributed by atoms with Crippen LogP contribution in [0, 0.1) is 41.5 Å². The van der Waals surface area contributed by atoms with Gasteiger partial charge in [0.2, 0.25) is 0 Å². The molecule has 9 unspecified atom stereocenters. The van der Waals surface area contributed by atoms with Gasteiger partial charge in [-0.2, -0.15) is 0 Å². The molecule has 0 radical (unpaired) electrons. The van der Waals surface area contributed by atoms with Crippen LogP contribution in [0.25, 0.3) is 0 Å². The first kappa shape index (κ1) is 65.0. The number of aliphatic hydroxyl groups excluding tert-OH is 3. The van der Waals surface area contributed by atoms with E-state index >= 15 is 0 Å². The summed E-state index contributed by atoms with van der Waals surface area (Å²) in [5, 5.41) is 31.7. The van der Waals surface area contributed by atoms with Crippen LogP contribution in [0.15, 0.2) is 95.8 Å². The smallest absolute Gasteiger partial charge is 0.336 e. The number of amides is 4. The normalized spacial score (nSPS) is 22.0. The van der Waals surface area contributed by atoms with E-state index < -0.39 is 65.5 Å². The average Bonchev–Trinajstić information content (AvgIpc) is 1.12. The number of aliphatic hydroxyl groups is 3. The molecule has 3 N–H and O–H groups in total. The lowest BCUT2D eigenvalue weighted by molar-refractivity contribution is 0.0813. The quantitative estimate of drug-likeness (QED) is 0.0559. The summed E-state index contributed by atoms with van der Waals surface area (Å²) < 4.78 is 53.2. The van der Waals surface area contributed by atoms with Crippen LogP contribution in [-0.2, 0) is 67.7 Å². The number of epoxide rings is 6. The fourth-order valence-corrected chi connectivity index (χ4v) is 10.2. The molecule has 7 aliphatic rings. The zero-order valence-corrected chi connectivity index (χ0v) is 51.1. The zero-order valence-electron chi connectivity index (χ0n) is 51.1. The standard InChI is InChI=1S/C28H35N3O8.C20H25N3O7.C13H17N3O5/c1-17-5-18(2)8-23(7-17)37-14-21(32)11-29-26(34)30(28(36)31(27(29)35)13-25-16-39-25)12-22(33)15-38-24-9-19(3)6-20(4)10-24;1-12-3-13(2)5-15(4-12)28-9-14(24)6-21-18(25)22(7-16-10-29-16)20(27)23(19(21)26)8-17-11-30-17;1-8-14(2-9-5-19-9)12(17)16(4-11-7-21-11)13(18)15(8)3-10-6-20-10/h5-10,21-22,25,32-33H,11-16H2,1-4H3;3-5,14,16-17,24H,6-11H2,1-2H3;9-11H,1-7H2. The number of carbonyl (C=O) groups is 2. The summed E-state index contributed by atoms with van der Waals surface area (Å²) in [6.07, 6.45) is -4.27. The average molecular weight is 1260 g/mol. The predicted molar refractivity (Wildman–Crippen MR) is 319 cm³/mol.